The number of rotatable bonds is 3. The molecule has 0 saturated carbocycles. The van der Waals surface area contributed by atoms with Crippen LogP contribution in [0.1, 0.15) is 11.1 Å². The molecule has 0 unspecified atom stereocenters. The van der Waals surface area contributed by atoms with E-state index in [9.17, 15) is 5.11 Å². The number of halogens is 2. The van der Waals surface area contributed by atoms with Crippen LogP contribution in [0.15, 0.2) is 54.7 Å². The second-order valence-corrected chi connectivity index (χ2v) is 6.92. The van der Waals surface area contributed by atoms with Gasteiger partial charge in [0.25, 0.3) is 0 Å². The van der Waals surface area contributed by atoms with Gasteiger partial charge in [-0.25, -0.2) is 4.98 Å². The molecule has 2 aromatic heterocycles. The van der Waals surface area contributed by atoms with Crippen molar-refractivity contribution in [1.29, 1.82) is 0 Å². The summed E-state index contributed by atoms with van der Waals surface area (Å²) in [5.41, 5.74) is 10.1. The smallest absolute Gasteiger partial charge is 0.143 e. The summed E-state index contributed by atoms with van der Waals surface area (Å²) in [4.78, 5) is 7.48. The standard InChI is InChI=1S/C20H15Cl2N3O/c21-12-7-15(20(26)16(22)8-12)19-14(6-11-4-2-1-3-5-11)13-9-18(23)24-10-17(13)25-19/h1-5,7-10,25-26H,6H2,(H2,23,24). The van der Waals surface area contributed by atoms with Crippen LogP contribution in [0.2, 0.25) is 10.0 Å². The number of anilines is 1. The van der Waals surface area contributed by atoms with Crippen molar-refractivity contribution in [2.24, 2.45) is 0 Å². The highest BCUT2D eigenvalue weighted by Crippen LogP contribution is 2.41. The van der Waals surface area contributed by atoms with Gasteiger partial charge in [0.1, 0.15) is 11.6 Å². The summed E-state index contributed by atoms with van der Waals surface area (Å²) in [5.74, 6) is 0.420. The molecule has 0 aliphatic rings. The van der Waals surface area contributed by atoms with Crippen LogP contribution in [-0.4, -0.2) is 15.1 Å². The minimum absolute atomic E-state index is 0.0159. The Kier molecular flexibility index (Phi) is 4.23. The fraction of sp³-hybridized carbons (Fsp3) is 0.0500. The third kappa shape index (κ3) is 2.98. The topological polar surface area (TPSA) is 74.9 Å². The van der Waals surface area contributed by atoms with Crippen molar-refractivity contribution in [2.75, 3.05) is 5.73 Å². The van der Waals surface area contributed by atoms with E-state index in [1.807, 2.05) is 24.3 Å². The number of benzene rings is 2. The van der Waals surface area contributed by atoms with E-state index >= 15 is 0 Å². The first-order chi connectivity index (χ1) is 12.5. The molecule has 4 nitrogen and oxygen atoms in total. The first-order valence-electron chi connectivity index (χ1n) is 8.01. The number of pyridine rings is 1. The summed E-state index contributed by atoms with van der Waals surface area (Å²) in [7, 11) is 0. The van der Waals surface area contributed by atoms with E-state index in [1.54, 1.807) is 12.3 Å². The molecule has 4 N–H and O–H groups in total. The number of hydrogen-bond donors (Lipinski definition) is 3. The minimum Gasteiger partial charge on any atom is -0.506 e. The average molecular weight is 384 g/mol. The van der Waals surface area contributed by atoms with E-state index in [1.165, 1.54) is 6.07 Å². The zero-order chi connectivity index (χ0) is 18.3. The zero-order valence-corrected chi connectivity index (χ0v) is 15.1. The third-order valence-electron chi connectivity index (χ3n) is 4.33. The van der Waals surface area contributed by atoms with Gasteiger partial charge in [-0.2, -0.15) is 0 Å². The monoisotopic (exact) mass is 383 g/mol. The molecule has 2 aromatic carbocycles. The molecular weight excluding hydrogens is 369 g/mol. The second kappa shape index (κ2) is 6.56. The Morgan fingerprint density at radius 2 is 1.85 bits per heavy atom. The molecule has 4 rings (SSSR count). The summed E-state index contributed by atoms with van der Waals surface area (Å²) in [6.45, 7) is 0. The van der Waals surface area contributed by atoms with Gasteiger partial charge >= 0.3 is 0 Å². The van der Waals surface area contributed by atoms with Crippen LogP contribution in [0, 0.1) is 0 Å². The number of aromatic hydroxyl groups is 1. The van der Waals surface area contributed by atoms with E-state index in [2.05, 4.69) is 22.1 Å². The molecule has 130 valence electrons. The number of nitrogens with one attached hydrogen (secondary N) is 1. The maximum absolute atomic E-state index is 10.5. The number of nitrogen functional groups attached to an aromatic ring is 1. The van der Waals surface area contributed by atoms with Crippen LogP contribution in [0.3, 0.4) is 0 Å². The predicted molar refractivity (Wildman–Crippen MR) is 107 cm³/mol. The van der Waals surface area contributed by atoms with E-state index in [-0.39, 0.29) is 10.8 Å². The number of H-pyrrole nitrogens is 1. The molecule has 0 spiro atoms. The lowest BCUT2D eigenvalue weighted by Crippen LogP contribution is -1.92. The molecular formula is C20H15Cl2N3O. The molecule has 6 heteroatoms. The van der Waals surface area contributed by atoms with Crippen LogP contribution in [0.4, 0.5) is 5.82 Å². The van der Waals surface area contributed by atoms with Crippen molar-refractivity contribution < 1.29 is 5.11 Å². The molecule has 4 aromatic rings. The van der Waals surface area contributed by atoms with Crippen molar-refractivity contribution in [3.05, 3.63) is 75.9 Å². The van der Waals surface area contributed by atoms with Gasteiger partial charge < -0.3 is 15.8 Å². The van der Waals surface area contributed by atoms with Gasteiger partial charge in [0.05, 0.1) is 22.4 Å². The molecule has 0 saturated heterocycles. The lowest BCUT2D eigenvalue weighted by atomic mass is 9.98. The largest absolute Gasteiger partial charge is 0.506 e. The maximum atomic E-state index is 10.5. The van der Waals surface area contributed by atoms with Crippen LogP contribution in [0.5, 0.6) is 5.75 Å². The van der Waals surface area contributed by atoms with Gasteiger partial charge in [0.2, 0.25) is 0 Å². The molecule has 0 aliphatic carbocycles. The summed E-state index contributed by atoms with van der Waals surface area (Å²) in [6, 6.07) is 15.1. The van der Waals surface area contributed by atoms with Gasteiger partial charge in [-0.3, -0.25) is 0 Å². The number of nitrogens with two attached hydrogens (primary N) is 1. The van der Waals surface area contributed by atoms with Crippen molar-refractivity contribution >= 4 is 39.9 Å². The molecule has 26 heavy (non-hydrogen) atoms. The van der Waals surface area contributed by atoms with E-state index < -0.39 is 0 Å². The lowest BCUT2D eigenvalue weighted by molar-refractivity contribution is 0.477. The molecule has 0 bridgehead atoms. The maximum Gasteiger partial charge on any atom is 0.143 e. The quantitative estimate of drug-likeness (QED) is 0.442. The van der Waals surface area contributed by atoms with Gasteiger partial charge in [-0.05, 0) is 29.3 Å². The summed E-state index contributed by atoms with van der Waals surface area (Å²) < 4.78 is 0. The van der Waals surface area contributed by atoms with Crippen LogP contribution in [-0.2, 0) is 6.42 Å². The number of aromatic nitrogens is 2. The normalized spacial score (nSPS) is 11.2. The number of phenols is 1. The molecule has 0 fully saturated rings. The molecule has 0 aliphatic heterocycles. The average Bonchev–Trinajstić information content (AvgIpc) is 2.97. The highest BCUT2D eigenvalue weighted by atomic mass is 35.5. The summed E-state index contributed by atoms with van der Waals surface area (Å²) >= 11 is 12.3. The Morgan fingerprint density at radius 1 is 1.08 bits per heavy atom. The molecule has 0 atom stereocenters. The fourth-order valence-corrected chi connectivity index (χ4v) is 3.63. The van der Waals surface area contributed by atoms with Crippen LogP contribution >= 0.6 is 23.2 Å². The van der Waals surface area contributed by atoms with Crippen LogP contribution < -0.4 is 5.73 Å². The lowest BCUT2D eigenvalue weighted by Gasteiger charge is -2.09. The Balaban J connectivity index is 1.99. The minimum atomic E-state index is -0.0159. The second-order valence-electron chi connectivity index (χ2n) is 6.08. The summed E-state index contributed by atoms with van der Waals surface area (Å²) in [6.07, 6.45) is 2.34. The van der Waals surface area contributed by atoms with Crippen LogP contribution in [0.25, 0.3) is 22.2 Å². The van der Waals surface area contributed by atoms with Crippen molar-refractivity contribution in [3.63, 3.8) is 0 Å². The first kappa shape index (κ1) is 16.8. The Morgan fingerprint density at radius 3 is 2.62 bits per heavy atom. The fourth-order valence-electron chi connectivity index (χ4n) is 3.14. The zero-order valence-electron chi connectivity index (χ0n) is 13.6. The highest BCUT2D eigenvalue weighted by Gasteiger charge is 2.19. The first-order valence-corrected chi connectivity index (χ1v) is 8.77. The van der Waals surface area contributed by atoms with Crippen molar-refractivity contribution in [3.8, 4) is 17.0 Å². The highest BCUT2D eigenvalue weighted by molar-refractivity contribution is 6.36. The number of fused-ring (bicyclic) bond motifs is 1. The van der Waals surface area contributed by atoms with Gasteiger partial charge in [-0.1, -0.05) is 53.5 Å². The Labute approximate surface area is 160 Å². The Bertz CT molecular complexity index is 1110. The van der Waals surface area contributed by atoms with E-state index in [0.717, 1.165) is 27.7 Å². The Hall–Kier alpha value is -2.69. The third-order valence-corrected chi connectivity index (χ3v) is 4.84. The molecule has 2 heterocycles. The number of aromatic amines is 1. The van der Waals surface area contributed by atoms with Gasteiger partial charge in [0.15, 0.2) is 0 Å². The molecule has 0 radical (unpaired) electrons. The number of nitrogens with zero attached hydrogens (tertiary/aromatic N) is 1. The SMILES string of the molecule is Nc1cc2c(Cc3ccccc3)c(-c3cc(Cl)cc(Cl)c3O)[nH]c2cn1. The molecule has 0 amide bonds. The van der Waals surface area contributed by atoms with E-state index in [0.29, 0.717) is 22.8 Å². The number of hydrogen-bond acceptors (Lipinski definition) is 3. The summed E-state index contributed by atoms with van der Waals surface area (Å²) in [5, 5.41) is 12.1. The van der Waals surface area contributed by atoms with Gasteiger partial charge in [-0.15, -0.1) is 0 Å². The van der Waals surface area contributed by atoms with E-state index in [4.69, 9.17) is 28.9 Å². The number of phenolic OH excluding ortho intramolecular Hbond substituents is 1. The van der Waals surface area contributed by atoms with Gasteiger partial charge in [0, 0.05) is 22.4 Å². The van der Waals surface area contributed by atoms with Crippen molar-refractivity contribution in [2.45, 2.75) is 6.42 Å². The van der Waals surface area contributed by atoms with Crippen molar-refractivity contribution in [1.82, 2.24) is 9.97 Å². The predicted octanol–water partition coefficient (Wildman–Crippen LogP) is 5.42.